The zero-order valence-corrected chi connectivity index (χ0v) is 12.4. The van der Waals surface area contributed by atoms with E-state index in [-0.39, 0.29) is 11.7 Å². The molecule has 2 aromatic heterocycles. The third-order valence-corrected chi connectivity index (χ3v) is 3.85. The fourth-order valence-corrected chi connectivity index (χ4v) is 2.95. The molecule has 0 bridgehead atoms. The lowest BCUT2D eigenvalue weighted by Crippen LogP contribution is -2.37. The largest absolute Gasteiger partial charge is 0.352 e. The minimum absolute atomic E-state index is 0.0712. The molecule has 0 fully saturated rings. The van der Waals surface area contributed by atoms with E-state index in [1.165, 1.54) is 0 Å². The van der Waals surface area contributed by atoms with Crippen LogP contribution < -0.4 is 0 Å². The number of ether oxygens (including phenoxy) is 2. The number of hydrogen-bond acceptors (Lipinski definition) is 4. The van der Waals surface area contributed by atoms with Crippen LogP contribution in [0.2, 0.25) is 0 Å². The molecule has 21 heavy (non-hydrogen) atoms. The number of nitrogens with zero attached hydrogens (tertiary/aromatic N) is 2. The molecule has 5 heteroatoms. The lowest BCUT2D eigenvalue weighted by atomic mass is 9.88. The summed E-state index contributed by atoms with van der Waals surface area (Å²) >= 11 is 0. The highest BCUT2D eigenvalue weighted by atomic mass is 16.7. The van der Waals surface area contributed by atoms with E-state index < -0.39 is 6.29 Å². The Bertz CT molecular complexity index is 644. The first-order valence-corrected chi connectivity index (χ1v) is 7.49. The summed E-state index contributed by atoms with van der Waals surface area (Å²) in [6.07, 6.45) is 2.93. The molecule has 112 valence electrons. The smallest absolute Gasteiger partial charge is 0.189 e. The normalized spacial score (nSPS) is 18.4. The number of carbonyl (C=O) groups excluding carboxylic acids is 1. The maximum atomic E-state index is 12.9. The van der Waals surface area contributed by atoms with Gasteiger partial charge in [-0.1, -0.05) is 6.07 Å². The van der Waals surface area contributed by atoms with Crippen LogP contribution in [0.25, 0.3) is 5.65 Å². The highest BCUT2D eigenvalue weighted by molar-refractivity contribution is 5.99. The van der Waals surface area contributed by atoms with Crippen LogP contribution in [-0.2, 0) is 15.9 Å². The Balaban J connectivity index is 1.97. The molecule has 5 nitrogen and oxygen atoms in total. The van der Waals surface area contributed by atoms with E-state index in [9.17, 15) is 4.79 Å². The number of hydrogen-bond donors (Lipinski definition) is 0. The second kappa shape index (κ2) is 5.95. The molecule has 0 radical (unpaired) electrons. The lowest BCUT2D eigenvalue weighted by Gasteiger charge is -2.28. The maximum Gasteiger partial charge on any atom is 0.189 e. The van der Waals surface area contributed by atoms with E-state index >= 15 is 0 Å². The Kier molecular flexibility index (Phi) is 4.03. The molecule has 1 aliphatic carbocycles. The number of pyridine rings is 1. The molecule has 0 saturated heterocycles. The number of rotatable bonds is 5. The Hall–Kier alpha value is -1.72. The van der Waals surface area contributed by atoms with Gasteiger partial charge in [-0.15, -0.1) is 0 Å². The summed E-state index contributed by atoms with van der Waals surface area (Å²) in [5.74, 6) is -0.181. The quantitative estimate of drug-likeness (QED) is 0.793. The van der Waals surface area contributed by atoms with Crippen molar-refractivity contribution in [2.75, 3.05) is 13.2 Å². The Labute approximate surface area is 123 Å². The van der Waals surface area contributed by atoms with Crippen molar-refractivity contribution in [3.05, 3.63) is 35.8 Å². The summed E-state index contributed by atoms with van der Waals surface area (Å²) < 4.78 is 13.1. The fraction of sp³-hybridized carbons (Fsp3) is 0.500. The van der Waals surface area contributed by atoms with Gasteiger partial charge >= 0.3 is 0 Å². The first kappa shape index (κ1) is 14.2. The molecule has 0 spiro atoms. The number of aromatic nitrogens is 2. The number of Topliss-reactive ketones (excluding diaryl/α,β-unsaturated/α-hetero) is 1. The van der Waals surface area contributed by atoms with Gasteiger partial charge in [-0.05, 0) is 38.8 Å². The van der Waals surface area contributed by atoms with Crippen molar-refractivity contribution < 1.29 is 14.3 Å². The summed E-state index contributed by atoms with van der Waals surface area (Å²) in [5, 5.41) is 0. The highest BCUT2D eigenvalue weighted by Crippen LogP contribution is 2.29. The third-order valence-electron chi connectivity index (χ3n) is 3.85. The number of carbonyl (C=O) groups is 1. The summed E-state index contributed by atoms with van der Waals surface area (Å²) in [7, 11) is 0. The zero-order chi connectivity index (χ0) is 14.8. The van der Waals surface area contributed by atoms with Gasteiger partial charge in [-0.3, -0.25) is 9.20 Å². The minimum Gasteiger partial charge on any atom is -0.352 e. The second-order valence-corrected chi connectivity index (χ2v) is 5.12. The SMILES string of the molecule is CCOC(OCC)C1CCc2nc3ccccn3c2C1=O. The van der Waals surface area contributed by atoms with Crippen LogP contribution in [0.3, 0.4) is 0 Å². The van der Waals surface area contributed by atoms with Gasteiger partial charge in [0.1, 0.15) is 11.3 Å². The number of imidazole rings is 1. The van der Waals surface area contributed by atoms with Crippen LogP contribution in [-0.4, -0.2) is 34.7 Å². The molecular weight excluding hydrogens is 268 g/mol. The van der Waals surface area contributed by atoms with Crippen molar-refractivity contribution in [1.29, 1.82) is 0 Å². The van der Waals surface area contributed by atoms with Crippen LogP contribution in [0.4, 0.5) is 0 Å². The third kappa shape index (κ3) is 2.47. The van der Waals surface area contributed by atoms with Crippen LogP contribution in [0.1, 0.15) is 36.5 Å². The monoisotopic (exact) mass is 288 g/mol. The van der Waals surface area contributed by atoms with Gasteiger partial charge in [-0.2, -0.15) is 0 Å². The van der Waals surface area contributed by atoms with Gasteiger partial charge in [0.25, 0.3) is 0 Å². The van der Waals surface area contributed by atoms with Gasteiger partial charge in [0.15, 0.2) is 12.1 Å². The zero-order valence-electron chi connectivity index (χ0n) is 12.4. The van der Waals surface area contributed by atoms with Crippen molar-refractivity contribution in [2.24, 2.45) is 5.92 Å². The molecule has 2 heterocycles. The molecule has 2 aromatic rings. The molecule has 0 aromatic carbocycles. The van der Waals surface area contributed by atoms with E-state index in [0.29, 0.717) is 18.9 Å². The number of aryl methyl sites for hydroxylation is 1. The van der Waals surface area contributed by atoms with E-state index in [1.54, 1.807) is 0 Å². The van der Waals surface area contributed by atoms with E-state index in [1.807, 2.05) is 42.6 Å². The lowest BCUT2D eigenvalue weighted by molar-refractivity contribution is -0.158. The van der Waals surface area contributed by atoms with Gasteiger partial charge in [0.2, 0.25) is 0 Å². The molecule has 1 unspecified atom stereocenters. The fourth-order valence-electron chi connectivity index (χ4n) is 2.95. The molecule has 0 aliphatic heterocycles. The molecule has 0 saturated carbocycles. The topological polar surface area (TPSA) is 52.8 Å². The molecule has 0 N–H and O–H groups in total. The molecule has 1 aliphatic rings. The van der Waals surface area contributed by atoms with Crippen molar-refractivity contribution >= 4 is 11.4 Å². The average molecular weight is 288 g/mol. The summed E-state index contributed by atoms with van der Waals surface area (Å²) in [4.78, 5) is 17.4. The number of fused-ring (bicyclic) bond motifs is 3. The summed E-state index contributed by atoms with van der Waals surface area (Å²) in [6.45, 7) is 4.90. The van der Waals surface area contributed by atoms with Gasteiger partial charge in [0.05, 0.1) is 11.6 Å². The molecular formula is C16H20N2O3. The maximum absolute atomic E-state index is 12.9. The summed E-state index contributed by atoms with van der Waals surface area (Å²) in [5.41, 5.74) is 2.39. The van der Waals surface area contributed by atoms with Crippen molar-refractivity contribution in [1.82, 2.24) is 9.38 Å². The van der Waals surface area contributed by atoms with Gasteiger partial charge in [-0.25, -0.2) is 4.98 Å². The predicted octanol–water partition coefficient (Wildman–Crippen LogP) is 2.48. The molecule has 1 atom stereocenters. The average Bonchev–Trinajstić information content (AvgIpc) is 2.87. The van der Waals surface area contributed by atoms with Crippen LogP contribution in [0.5, 0.6) is 0 Å². The molecule has 0 amide bonds. The van der Waals surface area contributed by atoms with Crippen LogP contribution in [0.15, 0.2) is 24.4 Å². The van der Waals surface area contributed by atoms with Crippen molar-refractivity contribution in [2.45, 2.75) is 33.0 Å². The van der Waals surface area contributed by atoms with Crippen LogP contribution in [0, 0.1) is 5.92 Å². The van der Waals surface area contributed by atoms with E-state index in [2.05, 4.69) is 4.98 Å². The Morgan fingerprint density at radius 1 is 1.33 bits per heavy atom. The minimum atomic E-state index is -0.463. The van der Waals surface area contributed by atoms with Gasteiger partial charge < -0.3 is 9.47 Å². The first-order chi connectivity index (χ1) is 10.3. The first-order valence-electron chi connectivity index (χ1n) is 7.49. The van der Waals surface area contributed by atoms with Crippen molar-refractivity contribution in [3.8, 4) is 0 Å². The Morgan fingerprint density at radius 3 is 2.81 bits per heavy atom. The van der Waals surface area contributed by atoms with E-state index in [4.69, 9.17) is 9.47 Å². The number of ketones is 1. The second-order valence-electron chi connectivity index (χ2n) is 5.12. The predicted molar refractivity (Wildman–Crippen MR) is 78.4 cm³/mol. The highest BCUT2D eigenvalue weighted by Gasteiger charge is 2.37. The summed E-state index contributed by atoms with van der Waals surface area (Å²) in [6, 6.07) is 5.76. The standard InChI is InChI=1S/C16H20N2O3/c1-3-20-16(21-4-2)11-8-9-12-14(15(11)19)18-10-6-5-7-13(18)17-12/h5-7,10-11,16H,3-4,8-9H2,1-2H3. The van der Waals surface area contributed by atoms with Crippen LogP contribution >= 0.6 is 0 Å². The Morgan fingerprint density at radius 2 is 2.10 bits per heavy atom. The van der Waals surface area contributed by atoms with E-state index in [0.717, 1.165) is 24.2 Å². The molecule has 3 rings (SSSR count). The van der Waals surface area contributed by atoms with Gasteiger partial charge in [0, 0.05) is 19.4 Å². The van der Waals surface area contributed by atoms with Crippen molar-refractivity contribution in [3.63, 3.8) is 0 Å².